The van der Waals surface area contributed by atoms with E-state index in [0.717, 1.165) is 29.6 Å². The average Bonchev–Trinajstić information content (AvgIpc) is 2.92. The van der Waals surface area contributed by atoms with Gasteiger partial charge in [0.05, 0.1) is 0 Å². The Labute approximate surface area is 147 Å². The first kappa shape index (κ1) is 17.5. The van der Waals surface area contributed by atoms with Crippen molar-refractivity contribution < 1.29 is 18.7 Å². The number of ether oxygens (including phenoxy) is 1. The van der Waals surface area contributed by atoms with Gasteiger partial charge in [0.25, 0.3) is 0 Å². The zero-order valence-corrected chi connectivity index (χ0v) is 14.9. The predicted octanol–water partition coefficient (Wildman–Crippen LogP) is 3.91. The molecule has 3 rings (SSSR count). The standard InChI is InChI=1S/C20H25NO4/c1-13(2)21-19(22)8-5-9-20(23)24-14-10-11-18-16(12-14)15-6-3-4-7-17(15)25-18/h10-13H,3-9H2,1-2H3,(H,21,22). The molecule has 0 atom stereocenters. The molecule has 1 aromatic heterocycles. The number of amides is 1. The quantitative estimate of drug-likeness (QED) is 0.638. The number of hydrogen-bond acceptors (Lipinski definition) is 4. The molecule has 134 valence electrons. The second kappa shape index (κ2) is 7.72. The fourth-order valence-electron chi connectivity index (χ4n) is 3.28. The van der Waals surface area contributed by atoms with Crippen LogP contribution in [0.25, 0.3) is 11.0 Å². The monoisotopic (exact) mass is 343 g/mol. The summed E-state index contributed by atoms with van der Waals surface area (Å²) in [6.45, 7) is 3.83. The summed E-state index contributed by atoms with van der Waals surface area (Å²) in [6, 6.07) is 5.64. The SMILES string of the molecule is CC(C)NC(=O)CCCC(=O)Oc1ccc2oc3c(c2c1)CCCC3. The van der Waals surface area contributed by atoms with Gasteiger partial charge >= 0.3 is 5.97 Å². The van der Waals surface area contributed by atoms with E-state index < -0.39 is 0 Å². The maximum atomic E-state index is 12.0. The van der Waals surface area contributed by atoms with Crippen molar-refractivity contribution in [3.63, 3.8) is 0 Å². The number of nitrogens with one attached hydrogen (secondary N) is 1. The van der Waals surface area contributed by atoms with Crippen LogP contribution in [0.15, 0.2) is 22.6 Å². The second-order valence-electron chi connectivity index (χ2n) is 6.92. The minimum atomic E-state index is -0.311. The molecule has 2 aromatic rings. The van der Waals surface area contributed by atoms with Crippen LogP contribution in [0.5, 0.6) is 5.75 Å². The van der Waals surface area contributed by atoms with E-state index in [2.05, 4.69) is 5.32 Å². The molecule has 1 heterocycles. The summed E-state index contributed by atoms with van der Waals surface area (Å²) >= 11 is 0. The maximum absolute atomic E-state index is 12.0. The van der Waals surface area contributed by atoms with Crippen LogP contribution in [0.1, 0.15) is 57.3 Å². The fraction of sp³-hybridized carbons (Fsp3) is 0.500. The molecule has 1 aliphatic rings. The van der Waals surface area contributed by atoms with E-state index in [-0.39, 0.29) is 24.3 Å². The summed E-state index contributed by atoms with van der Waals surface area (Å²) < 4.78 is 11.3. The molecule has 5 nitrogen and oxygen atoms in total. The molecule has 0 fully saturated rings. The molecule has 1 N–H and O–H groups in total. The first-order valence-corrected chi connectivity index (χ1v) is 9.07. The highest BCUT2D eigenvalue weighted by Crippen LogP contribution is 2.34. The highest BCUT2D eigenvalue weighted by molar-refractivity contribution is 5.85. The van der Waals surface area contributed by atoms with Crippen molar-refractivity contribution in [2.24, 2.45) is 0 Å². The Bertz CT molecular complexity index is 775. The van der Waals surface area contributed by atoms with Gasteiger partial charge in [-0.15, -0.1) is 0 Å². The van der Waals surface area contributed by atoms with E-state index >= 15 is 0 Å². The Morgan fingerprint density at radius 2 is 2.00 bits per heavy atom. The van der Waals surface area contributed by atoms with Crippen molar-refractivity contribution in [2.45, 2.75) is 64.8 Å². The molecule has 5 heteroatoms. The lowest BCUT2D eigenvalue weighted by Crippen LogP contribution is -2.29. The number of furan rings is 1. The van der Waals surface area contributed by atoms with Crippen LogP contribution in [0, 0.1) is 0 Å². The number of rotatable bonds is 6. The van der Waals surface area contributed by atoms with Gasteiger partial charge in [0.1, 0.15) is 17.1 Å². The summed E-state index contributed by atoms with van der Waals surface area (Å²) in [4.78, 5) is 23.6. The summed E-state index contributed by atoms with van der Waals surface area (Å²) in [5.41, 5.74) is 2.11. The van der Waals surface area contributed by atoms with Crippen molar-refractivity contribution in [3.05, 3.63) is 29.5 Å². The number of hydrogen-bond donors (Lipinski definition) is 1. The molecule has 1 aliphatic carbocycles. The van der Waals surface area contributed by atoms with Crippen LogP contribution < -0.4 is 10.1 Å². The van der Waals surface area contributed by atoms with Gasteiger partial charge in [0, 0.05) is 36.3 Å². The minimum Gasteiger partial charge on any atom is -0.461 e. The third-order valence-electron chi connectivity index (χ3n) is 4.39. The average molecular weight is 343 g/mol. The van der Waals surface area contributed by atoms with Gasteiger partial charge in [-0.2, -0.15) is 0 Å². The van der Waals surface area contributed by atoms with Gasteiger partial charge in [-0.1, -0.05) is 0 Å². The molecule has 0 saturated heterocycles. The first-order chi connectivity index (χ1) is 12.0. The third-order valence-corrected chi connectivity index (χ3v) is 4.39. The molecular formula is C20H25NO4. The van der Waals surface area contributed by atoms with Crippen molar-refractivity contribution in [2.75, 3.05) is 0 Å². The van der Waals surface area contributed by atoms with E-state index in [0.29, 0.717) is 18.6 Å². The summed E-state index contributed by atoms with van der Waals surface area (Å²) in [7, 11) is 0. The van der Waals surface area contributed by atoms with E-state index in [1.54, 1.807) is 6.07 Å². The normalized spacial score (nSPS) is 13.7. The van der Waals surface area contributed by atoms with Crippen LogP contribution in [0.3, 0.4) is 0 Å². The number of aryl methyl sites for hydroxylation is 2. The minimum absolute atomic E-state index is 0.0331. The molecule has 1 amide bonds. The number of benzene rings is 1. The van der Waals surface area contributed by atoms with E-state index in [1.807, 2.05) is 26.0 Å². The van der Waals surface area contributed by atoms with Gasteiger partial charge in [-0.25, -0.2) is 0 Å². The molecule has 0 radical (unpaired) electrons. The van der Waals surface area contributed by atoms with Crippen LogP contribution in [0.2, 0.25) is 0 Å². The van der Waals surface area contributed by atoms with Gasteiger partial charge in [0.2, 0.25) is 5.91 Å². The Morgan fingerprint density at radius 3 is 2.80 bits per heavy atom. The molecule has 0 spiro atoms. The smallest absolute Gasteiger partial charge is 0.311 e. The predicted molar refractivity (Wildman–Crippen MR) is 95.6 cm³/mol. The Kier molecular flexibility index (Phi) is 5.41. The number of fused-ring (bicyclic) bond motifs is 3. The Morgan fingerprint density at radius 1 is 1.20 bits per heavy atom. The Balaban J connectivity index is 1.57. The fourth-order valence-corrected chi connectivity index (χ4v) is 3.28. The highest BCUT2D eigenvalue weighted by atomic mass is 16.5. The second-order valence-corrected chi connectivity index (χ2v) is 6.92. The van der Waals surface area contributed by atoms with E-state index in [4.69, 9.17) is 9.15 Å². The largest absolute Gasteiger partial charge is 0.461 e. The van der Waals surface area contributed by atoms with Crippen LogP contribution in [0.4, 0.5) is 0 Å². The van der Waals surface area contributed by atoms with E-state index in [9.17, 15) is 9.59 Å². The van der Waals surface area contributed by atoms with Crippen LogP contribution in [-0.4, -0.2) is 17.9 Å². The van der Waals surface area contributed by atoms with Gasteiger partial charge in [-0.3, -0.25) is 9.59 Å². The molecule has 0 unspecified atom stereocenters. The summed E-state index contributed by atoms with van der Waals surface area (Å²) in [5, 5.41) is 3.86. The molecule has 0 saturated carbocycles. The molecule has 0 aliphatic heterocycles. The van der Waals surface area contributed by atoms with Crippen molar-refractivity contribution in [1.29, 1.82) is 0 Å². The van der Waals surface area contributed by atoms with Gasteiger partial charge in [0.15, 0.2) is 0 Å². The summed E-state index contributed by atoms with van der Waals surface area (Å²) in [6.07, 6.45) is 5.39. The Hall–Kier alpha value is -2.30. The number of esters is 1. The van der Waals surface area contributed by atoms with Crippen molar-refractivity contribution in [3.8, 4) is 5.75 Å². The first-order valence-electron chi connectivity index (χ1n) is 9.07. The lowest BCUT2D eigenvalue weighted by molar-refractivity contribution is -0.134. The maximum Gasteiger partial charge on any atom is 0.311 e. The van der Waals surface area contributed by atoms with Crippen LogP contribution in [-0.2, 0) is 22.4 Å². The van der Waals surface area contributed by atoms with Crippen molar-refractivity contribution in [1.82, 2.24) is 5.32 Å². The highest BCUT2D eigenvalue weighted by Gasteiger charge is 2.18. The van der Waals surface area contributed by atoms with E-state index in [1.165, 1.54) is 18.4 Å². The molecule has 1 aromatic carbocycles. The molecule has 25 heavy (non-hydrogen) atoms. The zero-order chi connectivity index (χ0) is 17.8. The third kappa shape index (κ3) is 4.41. The molecular weight excluding hydrogens is 318 g/mol. The number of carbonyl (C=O) groups excluding carboxylic acids is 2. The summed E-state index contributed by atoms with van der Waals surface area (Å²) in [5.74, 6) is 1.27. The number of carbonyl (C=O) groups is 2. The topological polar surface area (TPSA) is 68.5 Å². The van der Waals surface area contributed by atoms with Crippen molar-refractivity contribution >= 4 is 22.8 Å². The van der Waals surface area contributed by atoms with Crippen LogP contribution >= 0.6 is 0 Å². The molecule has 0 bridgehead atoms. The van der Waals surface area contributed by atoms with Gasteiger partial charge < -0.3 is 14.5 Å². The lowest BCUT2D eigenvalue weighted by atomic mass is 9.96. The lowest BCUT2D eigenvalue weighted by Gasteiger charge is -2.09. The van der Waals surface area contributed by atoms with Gasteiger partial charge in [-0.05, 0) is 57.7 Å². The zero-order valence-electron chi connectivity index (χ0n) is 14.9.